The first-order valence-electron chi connectivity index (χ1n) is 4.75. The predicted octanol–water partition coefficient (Wildman–Crippen LogP) is -0.367. The van der Waals surface area contributed by atoms with E-state index in [0.29, 0.717) is 19.6 Å². The zero-order valence-electron chi connectivity index (χ0n) is 8.90. The van der Waals surface area contributed by atoms with Crippen LogP contribution in [0.5, 0.6) is 0 Å². The summed E-state index contributed by atoms with van der Waals surface area (Å²) in [6.07, 6.45) is 0.798. The maximum atomic E-state index is 11.7. The number of nitrogens with zero attached hydrogens (tertiary/aromatic N) is 1. The van der Waals surface area contributed by atoms with Gasteiger partial charge in [0, 0.05) is 26.7 Å². The van der Waals surface area contributed by atoms with Crippen LogP contribution < -0.4 is 5.73 Å². The number of ether oxygens (including phenoxy) is 1. The number of hydrogen-bond donors (Lipinski definition) is 1. The first-order valence-corrected chi connectivity index (χ1v) is 6.36. The van der Waals surface area contributed by atoms with Gasteiger partial charge in [-0.3, -0.25) is 0 Å². The van der Waals surface area contributed by atoms with Crippen LogP contribution >= 0.6 is 0 Å². The Hall–Kier alpha value is -0.170. The molecular formula is C8H20N2O3S. The highest BCUT2D eigenvalue weighted by atomic mass is 32.2. The van der Waals surface area contributed by atoms with Gasteiger partial charge in [-0.05, 0) is 6.42 Å². The Morgan fingerprint density at radius 1 is 1.36 bits per heavy atom. The van der Waals surface area contributed by atoms with Gasteiger partial charge in [0.05, 0.1) is 12.4 Å². The van der Waals surface area contributed by atoms with Crippen LogP contribution in [0.4, 0.5) is 0 Å². The van der Waals surface area contributed by atoms with E-state index in [0.717, 1.165) is 6.42 Å². The number of nitrogens with two attached hydrogens (primary N) is 1. The summed E-state index contributed by atoms with van der Waals surface area (Å²) in [4.78, 5) is 0. The molecule has 0 amide bonds. The Labute approximate surface area is 86.3 Å². The van der Waals surface area contributed by atoms with Crippen LogP contribution in [-0.2, 0) is 14.8 Å². The van der Waals surface area contributed by atoms with Gasteiger partial charge in [0.1, 0.15) is 0 Å². The molecule has 0 saturated carbocycles. The van der Waals surface area contributed by atoms with Gasteiger partial charge in [-0.15, -0.1) is 0 Å². The summed E-state index contributed by atoms with van der Waals surface area (Å²) in [5.74, 6) is 0.0312. The lowest BCUT2D eigenvalue weighted by Gasteiger charge is -2.20. The zero-order chi connectivity index (χ0) is 11.0. The van der Waals surface area contributed by atoms with Crippen molar-refractivity contribution in [3.05, 3.63) is 0 Å². The summed E-state index contributed by atoms with van der Waals surface area (Å²) >= 11 is 0. The van der Waals surface area contributed by atoms with Crippen LogP contribution in [0, 0.1) is 0 Å². The van der Waals surface area contributed by atoms with Gasteiger partial charge >= 0.3 is 0 Å². The van der Waals surface area contributed by atoms with E-state index in [-0.39, 0.29) is 12.4 Å². The number of hydrogen-bond acceptors (Lipinski definition) is 4. The van der Waals surface area contributed by atoms with E-state index in [4.69, 9.17) is 10.5 Å². The van der Waals surface area contributed by atoms with Crippen molar-refractivity contribution < 1.29 is 13.2 Å². The molecule has 0 unspecified atom stereocenters. The molecule has 2 N–H and O–H groups in total. The summed E-state index contributed by atoms with van der Waals surface area (Å²) in [5.41, 5.74) is 5.35. The van der Waals surface area contributed by atoms with Gasteiger partial charge in [-0.1, -0.05) is 6.92 Å². The van der Waals surface area contributed by atoms with E-state index in [1.165, 1.54) is 11.4 Å². The van der Waals surface area contributed by atoms with E-state index in [1.807, 2.05) is 6.92 Å². The Balaban J connectivity index is 4.29. The molecule has 0 saturated heterocycles. The fraction of sp³-hybridized carbons (Fsp3) is 1.00. The molecule has 0 aliphatic carbocycles. The number of rotatable bonds is 8. The van der Waals surface area contributed by atoms with Crippen molar-refractivity contribution in [1.29, 1.82) is 0 Å². The molecule has 0 aromatic rings. The molecule has 0 aliphatic rings. The summed E-state index contributed by atoms with van der Waals surface area (Å²) < 4.78 is 29.5. The van der Waals surface area contributed by atoms with Crippen molar-refractivity contribution in [2.75, 3.05) is 39.1 Å². The second-order valence-electron chi connectivity index (χ2n) is 3.00. The summed E-state index contributed by atoms with van der Waals surface area (Å²) in [6.45, 7) is 3.44. The molecule has 6 heteroatoms. The standard InChI is InChI=1S/C8H20N2O3S/c1-3-5-10(6-4-9)14(11,12)8-7-13-2/h3-9H2,1-2H3. The van der Waals surface area contributed by atoms with Gasteiger partial charge in [-0.2, -0.15) is 0 Å². The summed E-state index contributed by atoms with van der Waals surface area (Å²) in [7, 11) is -1.69. The summed E-state index contributed by atoms with van der Waals surface area (Å²) in [5, 5.41) is 0. The molecule has 0 radical (unpaired) electrons. The predicted molar refractivity (Wildman–Crippen MR) is 56.6 cm³/mol. The van der Waals surface area contributed by atoms with Crippen molar-refractivity contribution in [2.45, 2.75) is 13.3 Å². The Kier molecular flexibility index (Phi) is 7.08. The number of sulfonamides is 1. The van der Waals surface area contributed by atoms with Crippen molar-refractivity contribution >= 4 is 10.0 Å². The summed E-state index contributed by atoms with van der Waals surface area (Å²) in [6, 6.07) is 0. The average molecular weight is 224 g/mol. The Bertz CT molecular complexity index is 223. The fourth-order valence-electron chi connectivity index (χ4n) is 1.10. The van der Waals surface area contributed by atoms with Gasteiger partial charge < -0.3 is 10.5 Å². The van der Waals surface area contributed by atoms with E-state index in [1.54, 1.807) is 0 Å². The largest absolute Gasteiger partial charge is 0.384 e. The lowest BCUT2D eigenvalue weighted by molar-refractivity contribution is 0.215. The Morgan fingerprint density at radius 2 is 2.00 bits per heavy atom. The maximum Gasteiger partial charge on any atom is 0.216 e. The SMILES string of the molecule is CCCN(CCN)S(=O)(=O)CCOC. The smallest absolute Gasteiger partial charge is 0.216 e. The van der Waals surface area contributed by atoms with Gasteiger partial charge in [0.25, 0.3) is 0 Å². The van der Waals surface area contributed by atoms with Crippen LogP contribution in [0.2, 0.25) is 0 Å². The maximum absolute atomic E-state index is 11.7. The third kappa shape index (κ3) is 4.90. The third-order valence-electron chi connectivity index (χ3n) is 1.79. The Morgan fingerprint density at radius 3 is 2.43 bits per heavy atom. The van der Waals surface area contributed by atoms with E-state index >= 15 is 0 Å². The van der Waals surface area contributed by atoms with Crippen molar-refractivity contribution in [1.82, 2.24) is 4.31 Å². The highest BCUT2D eigenvalue weighted by molar-refractivity contribution is 7.89. The highest BCUT2D eigenvalue weighted by Gasteiger charge is 2.19. The monoisotopic (exact) mass is 224 g/mol. The molecule has 86 valence electrons. The lowest BCUT2D eigenvalue weighted by atomic mass is 10.5. The van der Waals surface area contributed by atoms with Crippen LogP contribution in [0.25, 0.3) is 0 Å². The first-order chi connectivity index (χ1) is 6.58. The second-order valence-corrected chi connectivity index (χ2v) is 5.09. The van der Waals surface area contributed by atoms with Crippen molar-refractivity contribution in [3.63, 3.8) is 0 Å². The molecule has 0 rings (SSSR count). The van der Waals surface area contributed by atoms with Gasteiger partial charge in [0.15, 0.2) is 0 Å². The molecule has 0 atom stereocenters. The first kappa shape index (κ1) is 13.8. The number of methoxy groups -OCH3 is 1. The topological polar surface area (TPSA) is 72.6 Å². The minimum absolute atomic E-state index is 0.0312. The van der Waals surface area contributed by atoms with E-state index in [2.05, 4.69) is 0 Å². The van der Waals surface area contributed by atoms with E-state index < -0.39 is 10.0 Å². The molecule has 0 fully saturated rings. The molecule has 0 spiro atoms. The van der Waals surface area contributed by atoms with Crippen LogP contribution in [0.1, 0.15) is 13.3 Å². The fourth-order valence-corrected chi connectivity index (χ4v) is 2.58. The van der Waals surface area contributed by atoms with Crippen LogP contribution in [0.15, 0.2) is 0 Å². The van der Waals surface area contributed by atoms with Crippen LogP contribution in [0.3, 0.4) is 0 Å². The molecule has 0 heterocycles. The van der Waals surface area contributed by atoms with Crippen molar-refractivity contribution in [3.8, 4) is 0 Å². The zero-order valence-corrected chi connectivity index (χ0v) is 9.72. The third-order valence-corrected chi connectivity index (χ3v) is 3.62. The van der Waals surface area contributed by atoms with Gasteiger partial charge in [-0.25, -0.2) is 12.7 Å². The molecule has 0 bridgehead atoms. The second kappa shape index (κ2) is 7.17. The van der Waals surface area contributed by atoms with Crippen LogP contribution in [-0.4, -0.2) is 51.8 Å². The van der Waals surface area contributed by atoms with Crippen molar-refractivity contribution in [2.24, 2.45) is 5.73 Å². The lowest BCUT2D eigenvalue weighted by Crippen LogP contribution is -2.38. The van der Waals surface area contributed by atoms with Gasteiger partial charge in [0.2, 0.25) is 10.0 Å². The highest BCUT2D eigenvalue weighted by Crippen LogP contribution is 2.02. The quantitative estimate of drug-likeness (QED) is 0.611. The minimum atomic E-state index is -3.18. The normalized spacial score (nSPS) is 12.3. The molecule has 0 aliphatic heterocycles. The molecule has 0 aromatic carbocycles. The molecular weight excluding hydrogens is 204 g/mol. The minimum Gasteiger partial charge on any atom is -0.384 e. The average Bonchev–Trinajstić information content (AvgIpc) is 2.14. The molecule has 5 nitrogen and oxygen atoms in total. The molecule has 0 aromatic heterocycles. The van der Waals surface area contributed by atoms with E-state index in [9.17, 15) is 8.42 Å². The molecule has 14 heavy (non-hydrogen) atoms.